The van der Waals surface area contributed by atoms with Crippen molar-refractivity contribution in [2.45, 2.75) is 52.5 Å². The fourth-order valence-electron chi connectivity index (χ4n) is 2.72. The first-order valence-corrected chi connectivity index (χ1v) is 6.78. The molecule has 100 valence electrons. The van der Waals surface area contributed by atoms with Crippen LogP contribution in [0.1, 0.15) is 45.1 Å². The van der Waals surface area contributed by atoms with E-state index < -0.39 is 0 Å². The molecule has 0 bridgehead atoms. The molecule has 0 radical (unpaired) electrons. The molecule has 1 aliphatic rings. The number of nitrogens with zero attached hydrogens (tertiary/aromatic N) is 2. The first-order valence-electron chi connectivity index (χ1n) is 6.78. The quantitative estimate of drug-likeness (QED) is 0.862. The monoisotopic (exact) mass is 248 g/mol. The van der Waals surface area contributed by atoms with Crippen molar-refractivity contribution in [3.05, 3.63) is 11.8 Å². The van der Waals surface area contributed by atoms with Crippen molar-refractivity contribution < 1.29 is 0 Å². The van der Waals surface area contributed by atoms with Crippen molar-refractivity contribution in [3.63, 3.8) is 0 Å². The third kappa shape index (κ3) is 3.12. The second-order valence-corrected chi connectivity index (χ2v) is 6.08. The summed E-state index contributed by atoms with van der Waals surface area (Å²) in [6.07, 6.45) is 6.95. The second-order valence-electron chi connectivity index (χ2n) is 6.08. The van der Waals surface area contributed by atoms with Crippen LogP contribution in [0.25, 0.3) is 0 Å². The Bertz CT molecular complexity index is 414. The van der Waals surface area contributed by atoms with Gasteiger partial charge in [0, 0.05) is 24.8 Å². The van der Waals surface area contributed by atoms with Gasteiger partial charge in [-0.05, 0) is 31.6 Å². The summed E-state index contributed by atoms with van der Waals surface area (Å²) in [7, 11) is 1.85. The van der Waals surface area contributed by atoms with Crippen molar-refractivity contribution in [2.24, 2.45) is 5.41 Å². The van der Waals surface area contributed by atoms with E-state index in [-0.39, 0.29) is 0 Å². The Hall–Kier alpha value is -1.32. The summed E-state index contributed by atoms with van der Waals surface area (Å²) in [4.78, 5) is 8.72. The molecule has 2 rings (SSSR count). The highest BCUT2D eigenvalue weighted by Crippen LogP contribution is 2.36. The van der Waals surface area contributed by atoms with E-state index in [9.17, 15) is 0 Å². The summed E-state index contributed by atoms with van der Waals surface area (Å²) >= 11 is 0. The molecule has 0 aromatic carbocycles. The molecule has 0 amide bonds. The predicted octanol–water partition coefficient (Wildman–Crippen LogP) is 3.21. The van der Waals surface area contributed by atoms with Gasteiger partial charge in [-0.15, -0.1) is 0 Å². The topological polar surface area (TPSA) is 49.8 Å². The Labute approximate surface area is 110 Å². The zero-order valence-electron chi connectivity index (χ0n) is 11.9. The van der Waals surface area contributed by atoms with Crippen molar-refractivity contribution in [3.8, 4) is 0 Å². The highest BCUT2D eigenvalue weighted by molar-refractivity contribution is 5.47. The zero-order valence-corrected chi connectivity index (χ0v) is 11.9. The van der Waals surface area contributed by atoms with E-state index in [1.807, 2.05) is 13.2 Å². The highest BCUT2D eigenvalue weighted by Gasteiger charge is 2.28. The van der Waals surface area contributed by atoms with Gasteiger partial charge in [0.2, 0.25) is 5.95 Å². The molecule has 1 fully saturated rings. The number of aryl methyl sites for hydroxylation is 1. The third-order valence-corrected chi connectivity index (χ3v) is 3.74. The minimum Gasteiger partial charge on any atom is -0.367 e. The molecule has 0 saturated heterocycles. The average Bonchev–Trinajstić information content (AvgIpc) is 2.31. The third-order valence-electron chi connectivity index (χ3n) is 3.74. The molecule has 1 saturated carbocycles. The van der Waals surface area contributed by atoms with E-state index in [0.717, 1.165) is 11.4 Å². The second kappa shape index (κ2) is 5.12. The summed E-state index contributed by atoms with van der Waals surface area (Å²) in [5, 5.41) is 6.57. The maximum atomic E-state index is 4.50. The van der Waals surface area contributed by atoms with Gasteiger partial charge in [0.1, 0.15) is 5.82 Å². The number of hydrogen-bond donors (Lipinski definition) is 2. The molecule has 1 aliphatic carbocycles. The van der Waals surface area contributed by atoms with Gasteiger partial charge in [0.15, 0.2) is 0 Å². The largest absolute Gasteiger partial charge is 0.367 e. The molecule has 1 aromatic rings. The fourth-order valence-corrected chi connectivity index (χ4v) is 2.72. The summed E-state index contributed by atoms with van der Waals surface area (Å²) < 4.78 is 0. The van der Waals surface area contributed by atoms with Crippen molar-refractivity contribution in [1.82, 2.24) is 9.97 Å². The number of hydrogen-bond acceptors (Lipinski definition) is 4. The zero-order chi connectivity index (χ0) is 13.2. The lowest BCUT2D eigenvalue weighted by molar-refractivity contribution is 0.229. The van der Waals surface area contributed by atoms with Crippen LogP contribution in [0.5, 0.6) is 0 Å². The lowest BCUT2D eigenvalue weighted by Crippen LogP contribution is -2.32. The van der Waals surface area contributed by atoms with Crippen molar-refractivity contribution in [1.29, 1.82) is 0 Å². The molecule has 18 heavy (non-hydrogen) atoms. The van der Waals surface area contributed by atoms with Crippen LogP contribution in [0.2, 0.25) is 0 Å². The molecular formula is C14H24N4. The Morgan fingerprint density at radius 3 is 2.83 bits per heavy atom. The van der Waals surface area contributed by atoms with Crippen LogP contribution < -0.4 is 10.6 Å². The SMILES string of the molecule is CNc1ncc(C)c(NC2CCCC(C)(C)C2)n1. The standard InChI is InChI=1S/C14H24N4/c1-10-9-16-13(15-4)18-12(10)17-11-6-5-7-14(2,3)8-11/h9,11H,5-8H2,1-4H3,(H2,15,16,17,18). The van der Waals surface area contributed by atoms with Gasteiger partial charge < -0.3 is 10.6 Å². The van der Waals surface area contributed by atoms with Gasteiger partial charge in [0.25, 0.3) is 0 Å². The molecule has 1 unspecified atom stereocenters. The summed E-state index contributed by atoms with van der Waals surface area (Å²) in [6, 6.07) is 0.534. The fraction of sp³-hybridized carbons (Fsp3) is 0.714. The van der Waals surface area contributed by atoms with Crippen LogP contribution in [0.3, 0.4) is 0 Å². The van der Waals surface area contributed by atoms with E-state index in [0.29, 0.717) is 17.4 Å². The van der Waals surface area contributed by atoms with Crippen LogP contribution in [-0.4, -0.2) is 23.1 Å². The highest BCUT2D eigenvalue weighted by atomic mass is 15.1. The molecule has 0 aliphatic heterocycles. The summed E-state index contributed by atoms with van der Waals surface area (Å²) in [6.45, 7) is 6.76. The van der Waals surface area contributed by atoms with E-state index >= 15 is 0 Å². The van der Waals surface area contributed by atoms with Crippen molar-refractivity contribution >= 4 is 11.8 Å². The lowest BCUT2D eigenvalue weighted by atomic mass is 9.75. The average molecular weight is 248 g/mol. The molecule has 2 N–H and O–H groups in total. The molecule has 1 heterocycles. The normalized spacial score (nSPS) is 22.6. The van der Waals surface area contributed by atoms with Crippen LogP contribution in [0.4, 0.5) is 11.8 Å². The molecule has 0 spiro atoms. The van der Waals surface area contributed by atoms with E-state index in [1.54, 1.807) is 0 Å². The first-order chi connectivity index (χ1) is 8.50. The molecule has 1 atom stereocenters. The van der Waals surface area contributed by atoms with Crippen molar-refractivity contribution in [2.75, 3.05) is 17.7 Å². The van der Waals surface area contributed by atoms with Crippen LogP contribution in [-0.2, 0) is 0 Å². The molecular weight excluding hydrogens is 224 g/mol. The number of rotatable bonds is 3. The minimum absolute atomic E-state index is 0.447. The Balaban J connectivity index is 2.09. The van der Waals surface area contributed by atoms with E-state index in [4.69, 9.17) is 0 Å². The smallest absolute Gasteiger partial charge is 0.224 e. The van der Waals surface area contributed by atoms with Gasteiger partial charge in [-0.1, -0.05) is 20.3 Å². The minimum atomic E-state index is 0.447. The Kier molecular flexibility index (Phi) is 3.73. The van der Waals surface area contributed by atoms with Crippen LogP contribution in [0, 0.1) is 12.3 Å². The van der Waals surface area contributed by atoms with Gasteiger partial charge in [0.05, 0.1) is 0 Å². The van der Waals surface area contributed by atoms with E-state index in [1.165, 1.54) is 25.7 Å². The summed E-state index contributed by atoms with van der Waals surface area (Å²) in [5.41, 5.74) is 1.56. The maximum absolute atomic E-state index is 4.50. The Morgan fingerprint density at radius 2 is 2.17 bits per heavy atom. The van der Waals surface area contributed by atoms with Gasteiger partial charge in [-0.3, -0.25) is 0 Å². The van der Waals surface area contributed by atoms with Gasteiger partial charge >= 0.3 is 0 Å². The van der Waals surface area contributed by atoms with Gasteiger partial charge in [-0.25, -0.2) is 4.98 Å². The number of aromatic nitrogens is 2. The van der Waals surface area contributed by atoms with Crippen LogP contribution >= 0.6 is 0 Å². The number of nitrogens with one attached hydrogen (secondary N) is 2. The molecule has 1 aromatic heterocycles. The van der Waals surface area contributed by atoms with Gasteiger partial charge in [-0.2, -0.15) is 4.98 Å². The maximum Gasteiger partial charge on any atom is 0.224 e. The first kappa shape index (κ1) is 13.1. The van der Waals surface area contributed by atoms with E-state index in [2.05, 4.69) is 41.4 Å². The number of anilines is 2. The van der Waals surface area contributed by atoms with Crippen LogP contribution in [0.15, 0.2) is 6.20 Å². The molecule has 4 heteroatoms. The molecule has 4 nitrogen and oxygen atoms in total. The lowest BCUT2D eigenvalue weighted by Gasteiger charge is -2.36. The predicted molar refractivity (Wildman–Crippen MR) is 76.0 cm³/mol. The summed E-state index contributed by atoms with van der Waals surface area (Å²) in [5.74, 6) is 1.65. The Morgan fingerprint density at radius 1 is 1.39 bits per heavy atom.